The first kappa shape index (κ1) is 17.8. The molecule has 1 heterocycles. The van der Waals surface area contributed by atoms with E-state index < -0.39 is 29.5 Å². The van der Waals surface area contributed by atoms with Gasteiger partial charge in [0.25, 0.3) is 5.91 Å². The largest absolute Gasteiger partial charge is 0.505 e. The summed E-state index contributed by atoms with van der Waals surface area (Å²) in [5.41, 5.74) is 0. The van der Waals surface area contributed by atoms with E-state index in [0.717, 1.165) is 0 Å². The van der Waals surface area contributed by atoms with E-state index in [1.54, 1.807) is 0 Å². The topological polar surface area (TPSA) is 76.1 Å². The molecule has 1 aromatic carbocycles. The summed E-state index contributed by atoms with van der Waals surface area (Å²) in [6, 6.07) is 3.24. The van der Waals surface area contributed by atoms with Crippen LogP contribution in [-0.4, -0.2) is 41.6 Å². The first-order valence-electron chi connectivity index (χ1n) is 7.57. The molecular weight excluding hydrogens is 317 g/mol. The number of carbonyl (C=O) groups excluding carboxylic acids is 2. The fourth-order valence-electron chi connectivity index (χ4n) is 2.49. The lowest BCUT2D eigenvalue weighted by molar-refractivity contribution is -0.151. The number of ether oxygens (including phenoxy) is 2. The zero-order chi connectivity index (χ0) is 17.9. The van der Waals surface area contributed by atoms with Crippen LogP contribution in [0.5, 0.6) is 11.5 Å². The van der Waals surface area contributed by atoms with Gasteiger partial charge in [0.15, 0.2) is 11.5 Å². The maximum atomic E-state index is 13.8. The molecule has 0 fully saturated rings. The standard InChI is InChI=1S/C17H20FNO5/c1-10(2)7-12(17(22)23-3)19-9-11(8-15(19)21)24-14-6-4-5-13(20)16(14)18/h4-6,8,10,12,20H,7,9H2,1-3H3/t12-/m0/s1. The molecule has 130 valence electrons. The minimum absolute atomic E-state index is 0.0282. The summed E-state index contributed by atoms with van der Waals surface area (Å²) in [6.45, 7) is 3.90. The van der Waals surface area contributed by atoms with Crippen molar-refractivity contribution in [3.8, 4) is 11.5 Å². The van der Waals surface area contributed by atoms with Gasteiger partial charge in [-0.2, -0.15) is 4.39 Å². The summed E-state index contributed by atoms with van der Waals surface area (Å²) in [5.74, 6) is -2.17. The Morgan fingerprint density at radius 1 is 1.42 bits per heavy atom. The fourth-order valence-corrected chi connectivity index (χ4v) is 2.49. The molecule has 2 rings (SSSR count). The molecule has 0 radical (unpaired) electrons. The maximum Gasteiger partial charge on any atom is 0.328 e. The number of amides is 1. The molecule has 1 atom stereocenters. The Hall–Kier alpha value is -2.57. The molecule has 0 unspecified atom stereocenters. The SMILES string of the molecule is COC(=O)[C@H](CC(C)C)N1CC(Oc2cccc(O)c2F)=CC1=O. The number of hydrogen-bond donors (Lipinski definition) is 1. The van der Waals surface area contributed by atoms with E-state index >= 15 is 0 Å². The Morgan fingerprint density at radius 2 is 2.12 bits per heavy atom. The second kappa shape index (κ2) is 7.33. The van der Waals surface area contributed by atoms with Gasteiger partial charge in [0.05, 0.1) is 13.7 Å². The number of nitrogens with zero attached hydrogens (tertiary/aromatic N) is 1. The van der Waals surface area contributed by atoms with Crippen LogP contribution in [0.15, 0.2) is 30.0 Å². The van der Waals surface area contributed by atoms with Crippen molar-refractivity contribution < 1.29 is 28.6 Å². The third-order valence-corrected chi connectivity index (χ3v) is 3.62. The molecule has 0 spiro atoms. The summed E-state index contributed by atoms with van der Waals surface area (Å²) in [6.07, 6.45) is 1.65. The number of halogens is 1. The van der Waals surface area contributed by atoms with Crippen molar-refractivity contribution >= 4 is 11.9 Å². The molecule has 24 heavy (non-hydrogen) atoms. The Morgan fingerprint density at radius 3 is 2.75 bits per heavy atom. The Labute approximate surface area is 139 Å². The third kappa shape index (κ3) is 3.84. The summed E-state index contributed by atoms with van der Waals surface area (Å²) < 4.78 is 23.9. The number of carbonyl (C=O) groups is 2. The Kier molecular flexibility index (Phi) is 5.43. The van der Waals surface area contributed by atoms with Gasteiger partial charge in [-0.15, -0.1) is 0 Å². The summed E-state index contributed by atoms with van der Waals surface area (Å²) in [5, 5.41) is 9.36. The minimum Gasteiger partial charge on any atom is -0.505 e. The van der Waals surface area contributed by atoms with Crippen molar-refractivity contribution in [2.75, 3.05) is 13.7 Å². The summed E-state index contributed by atoms with van der Waals surface area (Å²) in [4.78, 5) is 25.5. The van der Waals surface area contributed by atoms with Crippen LogP contribution < -0.4 is 4.74 Å². The van der Waals surface area contributed by atoms with Crippen LogP contribution in [0.2, 0.25) is 0 Å². The van der Waals surface area contributed by atoms with Crippen molar-refractivity contribution in [2.45, 2.75) is 26.3 Å². The normalized spacial score (nSPS) is 15.5. The van der Waals surface area contributed by atoms with Crippen molar-refractivity contribution in [1.29, 1.82) is 0 Å². The van der Waals surface area contributed by atoms with Crippen LogP contribution >= 0.6 is 0 Å². The highest BCUT2D eigenvalue weighted by molar-refractivity contribution is 5.94. The Bertz CT molecular complexity index is 671. The molecule has 0 bridgehead atoms. The lowest BCUT2D eigenvalue weighted by atomic mass is 10.0. The zero-order valence-corrected chi connectivity index (χ0v) is 13.8. The van der Waals surface area contributed by atoms with Crippen molar-refractivity contribution in [3.05, 3.63) is 35.9 Å². The Balaban J connectivity index is 2.14. The highest BCUT2D eigenvalue weighted by Gasteiger charge is 2.35. The van der Waals surface area contributed by atoms with Crippen molar-refractivity contribution in [2.24, 2.45) is 5.92 Å². The molecule has 1 amide bonds. The molecule has 1 N–H and O–H groups in total. The van der Waals surface area contributed by atoms with Gasteiger partial charge >= 0.3 is 5.97 Å². The second-order valence-corrected chi connectivity index (χ2v) is 5.94. The van der Waals surface area contributed by atoms with Gasteiger partial charge < -0.3 is 19.5 Å². The molecule has 1 aliphatic rings. The molecule has 0 aliphatic carbocycles. The minimum atomic E-state index is -0.906. The van der Waals surface area contributed by atoms with Crippen LogP contribution in [-0.2, 0) is 14.3 Å². The van der Waals surface area contributed by atoms with Crippen molar-refractivity contribution in [1.82, 2.24) is 4.90 Å². The number of aromatic hydroxyl groups is 1. The average molecular weight is 337 g/mol. The van der Waals surface area contributed by atoms with E-state index in [1.165, 1.54) is 36.3 Å². The number of benzene rings is 1. The van der Waals surface area contributed by atoms with Crippen LogP contribution in [0.1, 0.15) is 20.3 Å². The second-order valence-electron chi connectivity index (χ2n) is 5.94. The number of methoxy groups -OCH3 is 1. The molecule has 0 saturated carbocycles. The molecule has 6 nitrogen and oxygen atoms in total. The van der Waals surface area contributed by atoms with Crippen LogP contribution in [0, 0.1) is 11.7 Å². The van der Waals surface area contributed by atoms with Gasteiger partial charge in [-0.1, -0.05) is 19.9 Å². The lowest BCUT2D eigenvalue weighted by Gasteiger charge is -2.27. The van der Waals surface area contributed by atoms with E-state index in [1.807, 2.05) is 13.8 Å². The molecule has 1 aromatic rings. The van der Waals surface area contributed by atoms with Gasteiger partial charge in [0.1, 0.15) is 11.8 Å². The molecule has 7 heteroatoms. The van der Waals surface area contributed by atoms with Crippen LogP contribution in [0.3, 0.4) is 0 Å². The van der Waals surface area contributed by atoms with Crippen molar-refractivity contribution in [3.63, 3.8) is 0 Å². The summed E-state index contributed by atoms with van der Waals surface area (Å²) in [7, 11) is 1.27. The van der Waals surface area contributed by atoms with E-state index in [9.17, 15) is 19.1 Å². The van der Waals surface area contributed by atoms with E-state index in [4.69, 9.17) is 9.47 Å². The van der Waals surface area contributed by atoms with Crippen LogP contribution in [0.4, 0.5) is 4.39 Å². The highest BCUT2D eigenvalue weighted by atomic mass is 19.1. The number of phenolic OH excluding ortho intramolecular Hbond substituents is 1. The number of rotatable bonds is 6. The van der Waals surface area contributed by atoms with E-state index in [-0.39, 0.29) is 24.0 Å². The van der Waals surface area contributed by atoms with Gasteiger partial charge in [0.2, 0.25) is 5.82 Å². The molecular formula is C17H20FNO5. The molecule has 0 aromatic heterocycles. The quantitative estimate of drug-likeness (QED) is 0.806. The maximum absolute atomic E-state index is 13.8. The number of esters is 1. The zero-order valence-electron chi connectivity index (χ0n) is 13.8. The fraction of sp³-hybridized carbons (Fsp3) is 0.412. The van der Waals surface area contributed by atoms with Gasteiger partial charge in [-0.05, 0) is 24.5 Å². The predicted octanol–water partition coefficient (Wildman–Crippen LogP) is 2.22. The van der Waals surface area contributed by atoms with Crippen LogP contribution in [0.25, 0.3) is 0 Å². The van der Waals surface area contributed by atoms with Gasteiger partial charge in [-0.3, -0.25) is 4.79 Å². The summed E-state index contributed by atoms with van der Waals surface area (Å²) >= 11 is 0. The monoisotopic (exact) mass is 337 g/mol. The molecule has 1 aliphatic heterocycles. The van der Waals surface area contributed by atoms with E-state index in [0.29, 0.717) is 6.42 Å². The van der Waals surface area contributed by atoms with Gasteiger partial charge in [-0.25, -0.2) is 4.79 Å². The smallest absolute Gasteiger partial charge is 0.328 e. The van der Waals surface area contributed by atoms with Gasteiger partial charge in [0, 0.05) is 6.08 Å². The van der Waals surface area contributed by atoms with E-state index in [2.05, 4.69) is 0 Å². The lowest BCUT2D eigenvalue weighted by Crippen LogP contribution is -2.44. The average Bonchev–Trinajstić information content (AvgIpc) is 2.89. The first-order valence-corrected chi connectivity index (χ1v) is 7.57. The third-order valence-electron chi connectivity index (χ3n) is 3.62. The number of hydrogen-bond acceptors (Lipinski definition) is 5. The number of phenols is 1. The highest BCUT2D eigenvalue weighted by Crippen LogP contribution is 2.28. The molecule has 0 saturated heterocycles. The first-order chi connectivity index (χ1) is 11.3. The predicted molar refractivity (Wildman–Crippen MR) is 83.7 cm³/mol.